The first kappa shape index (κ1) is 13.8. The lowest BCUT2D eigenvalue weighted by Crippen LogP contribution is -2.14. The maximum absolute atomic E-state index is 12.1. The number of hydrogen-bond donors (Lipinski definition) is 2. The minimum Gasteiger partial charge on any atom is -0.385 e. The molecule has 0 aliphatic rings. The van der Waals surface area contributed by atoms with Gasteiger partial charge in [-0.05, 0) is 53.8 Å². The SMILES string of the molecule is CCNc1ccnc(C(=O)Nc2ccccc2I)c1. The van der Waals surface area contributed by atoms with Gasteiger partial charge in [-0.15, -0.1) is 0 Å². The Morgan fingerprint density at radius 1 is 1.32 bits per heavy atom. The molecule has 0 radical (unpaired) electrons. The highest BCUT2D eigenvalue weighted by atomic mass is 127. The summed E-state index contributed by atoms with van der Waals surface area (Å²) in [5.41, 5.74) is 2.09. The topological polar surface area (TPSA) is 54.0 Å². The van der Waals surface area contributed by atoms with Crippen LogP contribution < -0.4 is 10.6 Å². The molecule has 0 atom stereocenters. The van der Waals surface area contributed by atoms with Gasteiger partial charge in [-0.3, -0.25) is 9.78 Å². The molecule has 0 aliphatic carbocycles. The average molecular weight is 367 g/mol. The zero-order valence-corrected chi connectivity index (χ0v) is 12.6. The minimum atomic E-state index is -0.205. The van der Waals surface area contributed by atoms with E-state index in [9.17, 15) is 4.79 Å². The van der Waals surface area contributed by atoms with E-state index in [2.05, 4.69) is 38.2 Å². The standard InChI is InChI=1S/C14H14IN3O/c1-2-16-10-7-8-17-13(9-10)14(19)18-12-6-4-3-5-11(12)15/h3-9H,2H2,1H3,(H,16,17)(H,18,19). The first-order valence-corrected chi connectivity index (χ1v) is 7.04. The van der Waals surface area contributed by atoms with E-state index in [0.29, 0.717) is 5.69 Å². The van der Waals surface area contributed by atoms with Gasteiger partial charge in [0.1, 0.15) is 5.69 Å². The molecule has 2 rings (SSSR count). The fraction of sp³-hybridized carbons (Fsp3) is 0.143. The molecular formula is C14H14IN3O. The first-order chi connectivity index (χ1) is 9.20. The summed E-state index contributed by atoms with van der Waals surface area (Å²) in [6.45, 7) is 2.81. The number of nitrogens with zero attached hydrogens (tertiary/aromatic N) is 1. The van der Waals surface area contributed by atoms with Crippen LogP contribution in [0.25, 0.3) is 0 Å². The molecule has 0 fully saturated rings. The van der Waals surface area contributed by atoms with Gasteiger partial charge < -0.3 is 10.6 Å². The van der Waals surface area contributed by atoms with Crippen molar-refractivity contribution in [3.8, 4) is 0 Å². The van der Waals surface area contributed by atoms with E-state index >= 15 is 0 Å². The molecule has 0 saturated carbocycles. The van der Waals surface area contributed by atoms with E-state index < -0.39 is 0 Å². The Balaban J connectivity index is 2.16. The number of anilines is 2. The molecule has 4 nitrogen and oxygen atoms in total. The van der Waals surface area contributed by atoms with Crippen LogP contribution in [-0.2, 0) is 0 Å². The van der Waals surface area contributed by atoms with Gasteiger partial charge in [0.15, 0.2) is 0 Å². The summed E-state index contributed by atoms with van der Waals surface area (Å²) in [5, 5.41) is 6.02. The number of rotatable bonds is 4. The molecule has 19 heavy (non-hydrogen) atoms. The molecule has 0 unspecified atom stereocenters. The number of benzene rings is 1. The van der Waals surface area contributed by atoms with Gasteiger partial charge in [0.25, 0.3) is 5.91 Å². The van der Waals surface area contributed by atoms with E-state index in [1.807, 2.05) is 37.3 Å². The highest BCUT2D eigenvalue weighted by molar-refractivity contribution is 14.1. The maximum Gasteiger partial charge on any atom is 0.274 e. The van der Waals surface area contributed by atoms with Crippen LogP contribution in [0.2, 0.25) is 0 Å². The molecule has 0 aliphatic heterocycles. The average Bonchev–Trinajstić information content (AvgIpc) is 2.42. The second kappa shape index (κ2) is 6.51. The number of aromatic nitrogens is 1. The summed E-state index contributed by atoms with van der Waals surface area (Å²) < 4.78 is 0.997. The van der Waals surface area contributed by atoms with Crippen molar-refractivity contribution in [2.75, 3.05) is 17.2 Å². The number of carbonyl (C=O) groups is 1. The van der Waals surface area contributed by atoms with Gasteiger partial charge in [0, 0.05) is 22.0 Å². The highest BCUT2D eigenvalue weighted by Gasteiger charge is 2.09. The first-order valence-electron chi connectivity index (χ1n) is 5.96. The van der Waals surface area contributed by atoms with Crippen molar-refractivity contribution in [2.45, 2.75) is 6.92 Å². The summed E-state index contributed by atoms with van der Waals surface area (Å²) in [7, 11) is 0. The zero-order valence-electron chi connectivity index (χ0n) is 10.5. The predicted octanol–water partition coefficient (Wildman–Crippen LogP) is 3.37. The van der Waals surface area contributed by atoms with E-state index in [4.69, 9.17) is 0 Å². The largest absolute Gasteiger partial charge is 0.385 e. The summed E-state index contributed by atoms with van der Waals surface area (Å²) in [4.78, 5) is 16.2. The molecule has 2 N–H and O–H groups in total. The molecular weight excluding hydrogens is 353 g/mol. The van der Waals surface area contributed by atoms with E-state index in [0.717, 1.165) is 21.5 Å². The van der Waals surface area contributed by atoms with Gasteiger partial charge in [-0.1, -0.05) is 12.1 Å². The third kappa shape index (κ3) is 3.66. The molecule has 0 spiro atoms. The van der Waals surface area contributed by atoms with Crippen LogP contribution in [0.3, 0.4) is 0 Å². The number of amides is 1. The molecule has 1 aromatic carbocycles. The third-order valence-corrected chi connectivity index (χ3v) is 3.44. The summed E-state index contributed by atoms with van der Waals surface area (Å²) in [6.07, 6.45) is 1.63. The van der Waals surface area contributed by atoms with Crippen LogP contribution >= 0.6 is 22.6 Å². The molecule has 0 bridgehead atoms. The zero-order chi connectivity index (χ0) is 13.7. The van der Waals surface area contributed by atoms with Gasteiger partial charge in [0.05, 0.1) is 5.69 Å². The lowest BCUT2D eigenvalue weighted by Gasteiger charge is -2.08. The predicted molar refractivity (Wildman–Crippen MR) is 85.5 cm³/mol. The van der Waals surface area contributed by atoms with Crippen molar-refractivity contribution in [1.29, 1.82) is 0 Å². The second-order valence-corrected chi connectivity index (χ2v) is 5.06. The molecule has 5 heteroatoms. The Labute approximate surface area is 125 Å². The number of para-hydroxylation sites is 1. The Morgan fingerprint density at radius 3 is 2.84 bits per heavy atom. The fourth-order valence-corrected chi connectivity index (χ4v) is 2.14. The van der Waals surface area contributed by atoms with Crippen molar-refractivity contribution in [3.63, 3.8) is 0 Å². The minimum absolute atomic E-state index is 0.205. The van der Waals surface area contributed by atoms with E-state index in [1.54, 1.807) is 12.3 Å². The molecule has 1 amide bonds. The van der Waals surface area contributed by atoms with E-state index in [1.165, 1.54) is 0 Å². The van der Waals surface area contributed by atoms with Crippen molar-refractivity contribution in [2.24, 2.45) is 0 Å². The normalized spacial score (nSPS) is 10.0. The van der Waals surface area contributed by atoms with Gasteiger partial charge in [-0.25, -0.2) is 0 Å². The van der Waals surface area contributed by atoms with Crippen LogP contribution in [0.1, 0.15) is 17.4 Å². The number of halogens is 1. The molecule has 1 heterocycles. The summed E-state index contributed by atoms with van der Waals surface area (Å²) >= 11 is 2.19. The van der Waals surface area contributed by atoms with Crippen LogP contribution in [0.15, 0.2) is 42.6 Å². The monoisotopic (exact) mass is 367 g/mol. The van der Waals surface area contributed by atoms with Crippen LogP contribution in [-0.4, -0.2) is 17.4 Å². The Bertz CT molecular complexity index is 586. The Morgan fingerprint density at radius 2 is 2.11 bits per heavy atom. The summed E-state index contributed by atoms with van der Waals surface area (Å²) in [6, 6.07) is 11.2. The number of nitrogens with one attached hydrogen (secondary N) is 2. The second-order valence-electron chi connectivity index (χ2n) is 3.89. The van der Waals surface area contributed by atoms with Crippen LogP contribution in [0.4, 0.5) is 11.4 Å². The van der Waals surface area contributed by atoms with Gasteiger partial charge in [-0.2, -0.15) is 0 Å². The number of hydrogen-bond acceptors (Lipinski definition) is 3. The third-order valence-electron chi connectivity index (χ3n) is 2.50. The smallest absolute Gasteiger partial charge is 0.274 e. The highest BCUT2D eigenvalue weighted by Crippen LogP contribution is 2.18. The van der Waals surface area contributed by atoms with Crippen molar-refractivity contribution < 1.29 is 4.79 Å². The van der Waals surface area contributed by atoms with Gasteiger partial charge >= 0.3 is 0 Å². The van der Waals surface area contributed by atoms with E-state index in [-0.39, 0.29) is 5.91 Å². The Kier molecular flexibility index (Phi) is 4.73. The fourth-order valence-electron chi connectivity index (χ4n) is 1.62. The molecule has 0 saturated heterocycles. The van der Waals surface area contributed by atoms with Crippen LogP contribution in [0.5, 0.6) is 0 Å². The van der Waals surface area contributed by atoms with Gasteiger partial charge in [0.2, 0.25) is 0 Å². The number of pyridine rings is 1. The molecule has 2 aromatic rings. The van der Waals surface area contributed by atoms with Crippen LogP contribution in [0, 0.1) is 3.57 Å². The summed E-state index contributed by atoms with van der Waals surface area (Å²) in [5.74, 6) is -0.205. The number of carbonyl (C=O) groups excluding carboxylic acids is 1. The van der Waals surface area contributed by atoms with Crippen molar-refractivity contribution >= 4 is 39.9 Å². The lowest BCUT2D eigenvalue weighted by atomic mass is 10.2. The quantitative estimate of drug-likeness (QED) is 0.815. The molecule has 1 aromatic heterocycles. The van der Waals surface area contributed by atoms with Crippen molar-refractivity contribution in [3.05, 3.63) is 51.9 Å². The molecule has 98 valence electrons. The lowest BCUT2D eigenvalue weighted by molar-refractivity contribution is 0.102. The Hall–Kier alpha value is -1.63. The van der Waals surface area contributed by atoms with Crippen molar-refractivity contribution in [1.82, 2.24) is 4.98 Å². The maximum atomic E-state index is 12.1.